The summed E-state index contributed by atoms with van der Waals surface area (Å²) in [5.41, 5.74) is 0.350. The van der Waals surface area contributed by atoms with E-state index in [9.17, 15) is 14.4 Å². The van der Waals surface area contributed by atoms with Crippen LogP contribution in [0.15, 0.2) is 12.5 Å². The van der Waals surface area contributed by atoms with E-state index < -0.39 is 23.8 Å². The van der Waals surface area contributed by atoms with Crippen LogP contribution in [0.4, 0.5) is 0 Å². The maximum atomic E-state index is 12.3. The minimum atomic E-state index is -1.19. The second-order valence-electron chi connectivity index (χ2n) is 4.82. The average Bonchev–Trinajstić information content (AvgIpc) is 2.83. The second-order valence-corrected chi connectivity index (χ2v) is 4.82. The zero-order valence-corrected chi connectivity index (χ0v) is 10.9. The topological polar surface area (TPSA) is 113 Å². The largest absolute Gasteiger partial charge is 0.481 e. The molecule has 1 amide bonds. The van der Waals surface area contributed by atoms with Crippen LogP contribution in [0.3, 0.4) is 0 Å². The first kappa shape index (κ1) is 14.0. The van der Waals surface area contributed by atoms with Gasteiger partial charge in [-0.15, -0.1) is 0 Å². The van der Waals surface area contributed by atoms with Gasteiger partial charge in [0.15, 0.2) is 0 Å². The third-order valence-electron chi connectivity index (χ3n) is 3.57. The van der Waals surface area contributed by atoms with Gasteiger partial charge >= 0.3 is 11.9 Å². The quantitative estimate of drug-likeness (QED) is 0.784. The molecule has 2 atom stereocenters. The number of amides is 1. The van der Waals surface area contributed by atoms with Crippen molar-refractivity contribution in [2.45, 2.75) is 6.42 Å². The number of aromatic nitrogens is 2. The predicted molar refractivity (Wildman–Crippen MR) is 66.0 cm³/mol. The van der Waals surface area contributed by atoms with Gasteiger partial charge in [0.05, 0.1) is 24.4 Å². The lowest BCUT2D eigenvalue weighted by Gasteiger charge is -2.34. The number of carboxylic acids is 2. The highest BCUT2D eigenvalue weighted by Gasteiger charge is 2.40. The highest BCUT2D eigenvalue weighted by Crippen LogP contribution is 2.25. The number of piperidine rings is 1. The van der Waals surface area contributed by atoms with Crippen molar-refractivity contribution in [1.82, 2.24) is 14.5 Å². The van der Waals surface area contributed by atoms with Gasteiger partial charge in [-0.1, -0.05) is 0 Å². The number of carbonyl (C=O) groups is 3. The molecule has 0 bridgehead atoms. The van der Waals surface area contributed by atoms with Crippen LogP contribution in [-0.4, -0.2) is 55.6 Å². The smallest absolute Gasteiger partial charge is 0.309 e. The molecule has 8 heteroatoms. The molecular weight excluding hydrogens is 266 g/mol. The van der Waals surface area contributed by atoms with E-state index in [1.54, 1.807) is 11.6 Å². The number of likely N-dealkylation sites (tertiary alicyclic amines) is 1. The van der Waals surface area contributed by atoms with Gasteiger partial charge in [-0.05, 0) is 6.42 Å². The summed E-state index contributed by atoms with van der Waals surface area (Å²) in [4.78, 5) is 39.7. The molecule has 1 aliphatic heterocycles. The Bertz CT molecular complexity index is 553. The third kappa shape index (κ3) is 2.49. The summed E-state index contributed by atoms with van der Waals surface area (Å²) in [6, 6.07) is 0. The molecule has 20 heavy (non-hydrogen) atoms. The van der Waals surface area contributed by atoms with Crippen molar-refractivity contribution in [3.63, 3.8) is 0 Å². The Morgan fingerprint density at radius 1 is 1.25 bits per heavy atom. The van der Waals surface area contributed by atoms with E-state index >= 15 is 0 Å². The lowest BCUT2D eigenvalue weighted by molar-refractivity contribution is -0.156. The van der Waals surface area contributed by atoms with E-state index in [4.69, 9.17) is 10.2 Å². The van der Waals surface area contributed by atoms with Crippen molar-refractivity contribution >= 4 is 17.8 Å². The van der Waals surface area contributed by atoms with Gasteiger partial charge in [-0.3, -0.25) is 14.4 Å². The molecular formula is C12H15N3O5. The Morgan fingerprint density at radius 2 is 1.90 bits per heavy atom. The molecule has 0 radical (unpaired) electrons. The van der Waals surface area contributed by atoms with Gasteiger partial charge in [-0.25, -0.2) is 4.98 Å². The summed E-state index contributed by atoms with van der Waals surface area (Å²) in [5, 5.41) is 18.2. The maximum absolute atomic E-state index is 12.3. The van der Waals surface area contributed by atoms with Gasteiger partial charge in [0.25, 0.3) is 5.91 Å². The molecule has 1 aromatic heterocycles. The Morgan fingerprint density at radius 3 is 2.40 bits per heavy atom. The van der Waals surface area contributed by atoms with E-state index in [1.165, 1.54) is 17.4 Å². The zero-order valence-electron chi connectivity index (χ0n) is 10.9. The lowest BCUT2D eigenvalue weighted by Crippen LogP contribution is -2.48. The number of hydrogen-bond donors (Lipinski definition) is 2. The van der Waals surface area contributed by atoms with Crippen molar-refractivity contribution in [2.75, 3.05) is 13.1 Å². The number of carbonyl (C=O) groups excluding carboxylic acids is 1. The summed E-state index contributed by atoms with van der Waals surface area (Å²) in [6.45, 7) is 0.126. The molecule has 2 heterocycles. The Kier molecular flexibility index (Phi) is 3.73. The molecule has 0 saturated carbocycles. The third-order valence-corrected chi connectivity index (χ3v) is 3.57. The summed E-state index contributed by atoms with van der Waals surface area (Å²) in [6.07, 6.45) is 3.02. The van der Waals surface area contributed by atoms with Crippen molar-refractivity contribution in [3.8, 4) is 0 Å². The first-order valence-corrected chi connectivity index (χ1v) is 6.13. The average molecular weight is 281 g/mol. The molecule has 0 aromatic carbocycles. The van der Waals surface area contributed by atoms with Crippen LogP contribution in [0.25, 0.3) is 0 Å². The number of carboxylic acid groups (broad SMARTS) is 2. The van der Waals surface area contributed by atoms with Crippen LogP contribution in [0.1, 0.15) is 16.9 Å². The van der Waals surface area contributed by atoms with Gasteiger partial charge in [0, 0.05) is 20.1 Å². The van der Waals surface area contributed by atoms with Gasteiger partial charge in [0.2, 0.25) is 0 Å². The lowest BCUT2D eigenvalue weighted by atomic mass is 9.85. The van der Waals surface area contributed by atoms with Crippen LogP contribution in [-0.2, 0) is 16.6 Å². The molecule has 2 unspecified atom stereocenters. The number of hydrogen-bond acceptors (Lipinski definition) is 4. The van der Waals surface area contributed by atoms with Crippen molar-refractivity contribution in [3.05, 3.63) is 18.2 Å². The fourth-order valence-corrected chi connectivity index (χ4v) is 2.41. The monoisotopic (exact) mass is 281 g/mol. The number of imidazole rings is 1. The fourth-order valence-electron chi connectivity index (χ4n) is 2.41. The van der Waals surface area contributed by atoms with Gasteiger partial charge < -0.3 is 19.7 Å². The Labute approximate surface area is 114 Å². The highest BCUT2D eigenvalue weighted by atomic mass is 16.4. The summed E-state index contributed by atoms with van der Waals surface area (Å²) >= 11 is 0. The molecule has 0 spiro atoms. The molecule has 2 N–H and O–H groups in total. The molecule has 1 saturated heterocycles. The highest BCUT2D eigenvalue weighted by molar-refractivity contribution is 5.93. The molecule has 0 aliphatic carbocycles. The Balaban J connectivity index is 2.17. The normalized spacial score (nSPS) is 22.6. The van der Waals surface area contributed by atoms with E-state index in [0.29, 0.717) is 5.69 Å². The molecule has 1 aliphatic rings. The van der Waals surface area contributed by atoms with Gasteiger partial charge in [0.1, 0.15) is 5.69 Å². The first-order chi connectivity index (χ1) is 9.41. The van der Waals surface area contributed by atoms with Crippen molar-refractivity contribution in [2.24, 2.45) is 18.9 Å². The second kappa shape index (κ2) is 5.32. The van der Waals surface area contributed by atoms with Gasteiger partial charge in [-0.2, -0.15) is 0 Å². The first-order valence-electron chi connectivity index (χ1n) is 6.13. The van der Waals surface area contributed by atoms with Crippen LogP contribution in [0.5, 0.6) is 0 Å². The zero-order chi connectivity index (χ0) is 14.9. The SMILES string of the molecule is Cn1cncc1C(=O)N1CCC(C(=O)O)C(C(=O)O)C1. The molecule has 8 nitrogen and oxygen atoms in total. The van der Waals surface area contributed by atoms with Crippen LogP contribution in [0, 0.1) is 11.8 Å². The number of nitrogens with zero attached hydrogens (tertiary/aromatic N) is 3. The van der Waals surface area contributed by atoms with Crippen molar-refractivity contribution < 1.29 is 24.6 Å². The summed E-state index contributed by atoms with van der Waals surface area (Å²) < 4.78 is 1.54. The number of rotatable bonds is 3. The molecule has 1 aromatic rings. The molecule has 2 rings (SSSR count). The van der Waals surface area contributed by atoms with Crippen LogP contribution in [0.2, 0.25) is 0 Å². The standard InChI is InChI=1S/C12H15N3O5/c1-14-6-13-4-9(14)10(16)15-3-2-7(11(17)18)8(5-15)12(19)20/h4,6-8H,2-3,5H2,1H3,(H,17,18)(H,19,20). The van der Waals surface area contributed by atoms with Crippen molar-refractivity contribution in [1.29, 1.82) is 0 Å². The minimum Gasteiger partial charge on any atom is -0.481 e. The van der Waals surface area contributed by atoms with Crippen LogP contribution < -0.4 is 0 Å². The van der Waals surface area contributed by atoms with E-state index in [-0.39, 0.29) is 25.4 Å². The molecule has 1 fully saturated rings. The Hall–Kier alpha value is -2.38. The van der Waals surface area contributed by atoms with E-state index in [1.807, 2.05) is 0 Å². The predicted octanol–water partition coefficient (Wildman–Crippen LogP) is -0.332. The fraction of sp³-hybridized carbons (Fsp3) is 0.500. The van der Waals surface area contributed by atoms with Crippen LogP contribution >= 0.6 is 0 Å². The number of aliphatic carboxylic acids is 2. The summed E-state index contributed by atoms with van der Waals surface area (Å²) in [7, 11) is 1.67. The summed E-state index contributed by atoms with van der Waals surface area (Å²) in [5.74, 6) is -4.70. The molecule has 108 valence electrons. The number of aryl methyl sites for hydroxylation is 1. The van der Waals surface area contributed by atoms with E-state index in [0.717, 1.165) is 0 Å². The van der Waals surface area contributed by atoms with E-state index in [2.05, 4.69) is 4.98 Å². The maximum Gasteiger partial charge on any atom is 0.309 e. The minimum absolute atomic E-state index is 0.101.